The van der Waals surface area contributed by atoms with Crippen LogP contribution in [-0.2, 0) is 9.59 Å². The summed E-state index contributed by atoms with van der Waals surface area (Å²) in [6, 6.07) is 0.189. The number of hydrogen-bond acceptors (Lipinski definition) is 2. The summed E-state index contributed by atoms with van der Waals surface area (Å²) in [5, 5.41) is 0. The highest BCUT2D eigenvalue weighted by atomic mass is 16.2. The van der Waals surface area contributed by atoms with Gasteiger partial charge >= 0.3 is 0 Å². The molecule has 4 rings (SSSR count). The third kappa shape index (κ3) is 1.78. The van der Waals surface area contributed by atoms with Gasteiger partial charge in [0.2, 0.25) is 0 Å². The first-order chi connectivity index (χ1) is 9.75. The molecule has 5 unspecified atom stereocenters. The SMILES string of the molecule is O=C1C=CC(=O)N1C1CCCC2C3CCCCC3CC21. The zero-order valence-electron chi connectivity index (χ0n) is 12.0. The molecule has 3 aliphatic carbocycles. The topological polar surface area (TPSA) is 37.4 Å². The maximum Gasteiger partial charge on any atom is 0.253 e. The Kier molecular flexibility index (Phi) is 2.97. The van der Waals surface area contributed by atoms with Gasteiger partial charge in [0.25, 0.3) is 11.8 Å². The summed E-state index contributed by atoms with van der Waals surface area (Å²) in [6.45, 7) is 0. The molecular weight excluding hydrogens is 250 g/mol. The lowest BCUT2D eigenvalue weighted by atomic mass is 9.71. The summed E-state index contributed by atoms with van der Waals surface area (Å²) >= 11 is 0. The average molecular weight is 273 g/mol. The van der Waals surface area contributed by atoms with Gasteiger partial charge < -0.3 is 0 Å². The standard InChI is InChI=1S/C17H23NO2/c19-16-8-9-17(20)18(16)15-7-3-6-13-12-5-2-1-4-11(12)10-14(13)15/h8-9,11-15H,1-7,10H2. The van der Waals surface area contributed by atoms with Crippen LogP contribution in [-0.4, -0.2) is 22.8 Å². The second kappa shape index (κ2) is 4.71. The largest absolute Gasteiger partial charge is 0.272 e. The third-order valence-corrected chi connectivity index (χ3v) is 6.35. The normalized spacial score (nSPS) is 43.8. The quantitative estimate of drug-likeness (QED) is 0.689. The Bertz CT molecular complexity index is 452. The van der Waals surface area contributed by atoms with Crippen molar-refractivity contribution in [2.24, 2.45) is 23.7 Å². The van der Waals surface area contributed by atoms with Crippen molar-refractivity contribution >= 4 is 11.8 Å². The highest BCUT2D eigenvalue weighted by Gasteiger charge is 2.51. The van der Waals surface area contributed by atoms with Crippen molar-refractivity contribution in [2.45, 2.75) is 57.4 Å². The van der Waals surface area contributed by atoms with E-state index in [1.807, 2.05) is 0 Å². The summed E-state index contributed by atoms with van der Waals surface area (Å²) in [4.78, 5) is 25.6. The van der Waals surface area contributed by atoms with E-state index >= 15 is 0 Å². The van der Waals surface area contributed by atoms with Gasteiger partial charge in [-0.25, -0.2) is 0 Å². The molecule has 0 radical (unpaired) electrons. The van der Waals surface area contributed by atoms with Gasteiger partial charge in [0, 0.05) is 18.2 Å². The lowest BCUT2D eigenvalue weighted by Crippen LogP contribution is -2.47. The smallest absolute Gasteiger partial charge is 0.253 e. The van der Waals surface area contributed by atoms with Crippen LogP contribution < -0.4 is 0 Å². The van der Waals surface area contributed by atoms with Crippen molar-refractivity contribution in [3.8, 4) is 0 Å². The van der Waals surface area contributed by atoms with E-state index in [1.54, 1.807) is 4.90 Å². The number of carbonyl (C=O) groups is 2. The predicted octanol–water partition coefficient (Wildman–Crippen LogP) is 2.91. The van der Waals surface area contributed by atoms with Crippen molar-refractivity contribution in [1.29, 1.82) is 0 Å². The Morgan fingerprint density at radius 1 is 0.800 bits per heavy atom. The minimum atomic E-state index is -0.0736. The predicted molar refractivity (Wildman–Crippen MR) is 75.7 cm³/mol. The van der Waals surface area contributed by atoms with E-state index < -0.39 is 0 Å². The van der Waals surface area contributed by atoms with Crippen LogP contribution in [0, 0.1) is 23.7 Å². The van der Waals surface area contributed by atoms with Crippen molar-refractivity contribution in [2.75, 3.05) is 0 Å². The van der Waals surface area contributed by atoms with Gasteiger partial charge in [0.05, 0.1) is 0 Å². The Hall–Kier alpha value is -1.12. The summed E-state index contributed by atoms with van der Waals surface area (Å²) in [5.41, 5.74) is 0. The molecule has 5 atom stereocenters. The maximum atomic E-state index is 12.0. The van der Waals surface area contributed by atoms with E-state index in [1.165, 1.54) is 57.1 Å². The first-order valence-corrected chi connectivity index (χ1v) is 8.31. The maximum absolute atomic E-state index is 12.0. The summed E-state index contributed by atoms with van der Waals surface area (Å²) in [6.07, 6.45) is 13.2. The molecule has 4 aliphatic rings. The van der Waals surface area contributed by atoms with Crippen molar-refractivity contribution < 1.29 is 9.59 Å². The van der Waals surface area contributed by atoms with Crippen LogP contribution in [0.2, 0.25) is 0 Å². The minimum absolute atomic E-state index is 0.0736. The number of rotatable bonds is 1. The molecule has 3 saturated carbocycles. The number of amides is 2. The van der Waals surface area contributed by atoms with Crippen LogP contribution in [0.25, 0.3) is 0 Å². The number of fused-ring (bicyclic) bond motifs is 3. The second-order valence-corrected chi connectivity index (χ2v) is 7.15. The molecule has 3 heteroatoms. The molecule has 1 heterocycles. The van der Waals surface area contributed by atoms with Gasteiger partial charge in [0.15, 0.2) is 0 Å². The van der Waals surface area contributed by atoms with Crippen molar-refractivity contribution in [1.82, 2.24) is 4.90 Å². The zero-order chi connectivity index (χ0) is 13.7. The van der Waals surface area contributed by atoms with Crippen LogP contribution >= 0.6 is 0 Å². The van der Waals surface area contributed by atoms with E-state index in [9.17, 15) is 9.59 Å². The van der Waals surface area contributed by atoms with Gasteiger partial charge in [-0.2, -0.15) is 0 Å². The average Bonchev–Trinajstić information content (AvgIpc) is 3.00. The van der Waals surface area contributed by atoms with Crippen LogP contribution in [0.4, 0.5) is 0 Å². The van der Waals surface area contributed by atoms with E-state index in [0.29, 0.717) is 5.92 Å². The molecule has 0 aromatic carbocycles. The first kappa shape index (κ1) is 12.6. The molecule has 0 aromatic heterocycles. The van der Waals surface area contributed by atoms with Crippen LogP contribution in [0.5, 0.6) is 0 Å². The van der Waals surface area contributed by atoms with E-state index in [4.69, 9.17) is 0 Å². The van der Waals surface area contributed by atoms with E-state index in [2.05, 4.69) is 0 Å². The van der Waals surface area contributed by atoms with Gasteiger partial charge in [-0.3, -0.25) is 14.5 Å². The summed E-state index contributed by atoms with van der Waals surface area (Å²) in [7, 11) is 0. The molecule has 108 valence electrons. The van der Waals surface area contributed by atoms with Gasteiger partial charge in [-0.05, 0) is 49.4 Å². The fourth-order valence-electron chi connectivity index (χ4n) is 5.64. The molecule has 0 bridgehead atoms. The number of carbonyl (C=O) groups excluding carboxylic acids is 2. The van der Waals surface area contributed by atoms with E-state index in [-0.39, 0.29) is 17.9 Å². The Labute approximate surface area is 120 Å². The fraction of sp³-hybridized carbons (Fsp3) is 0.765. The van der Waals surface area contributed by atoms with Crippen molar-refractivity contribution in [3.63, 3.8) is 0 Å². The van der Waals surface area contributed by atoms with Gasteiger partial charge in [-0.15, -0.1) is 0 Å². The Balaban J connectivity index is 1.59. The lowest BCUT2D eigenvalue weighted by molar-refractivity contribution is -0.142. The number of imide groups is 1. The summed E-state index contributed by atoms with van der Waals surface area (Å²) < 4.78 is 0. The Morgan fingerprint density at radius 3 is 2.30 bits per heavy atom. The van der Waals surface area contributed by atoms with Gasteiger partial charge in [0.1, 0.15) is 0 Å². The number of hydrogen-bond donors (Lipinski definition) is 0. The minimum Gasteiger partial charge on any atom is -0.272 e. The molecule has 2 amide bonds. The highest BCUT2D eigenvalue weighted by molar-refractivity contribution is 6.13. The monoisotopic (exact) mass is 273 g/mol. The highest BCUT2D eigenvalue weighted by Crippen LogP contribution is 2.55. The molecule has 1 aliphatic heterocycles. The molecule has 0 spiro atoms. The Morgan fingerprint density at radius 2 is 1.50 bits per heavy atom. The van der Waals surface area contributed by atoms with Gasteiger partial charge in [-0.1, -0.05) is 25.7 Å². The van der Waals surface area contributed by atoms with E-state index in [0.717, 1.165) is 24.2 Å². The third-order valence-electron chi connectivity index (χ3n) is 6.35. The molecule has 3 fully saturated rings. The number of nitrogens with zero attached hydrogens (tertiary/aromatic N) is 1. The second-order valence-electron chi connectivity index (χ2n) is 7.15. The fourth-order valence-corrected chi connectivity index (χ4v) is 5.64. The van der Waals surface area contributed by atoms with Crippen LogP contribution in [0.1, 0.15) is 51.4 Å². The summed E-state index contributed by atoms with van der Waals surface area (Å²) in [5.74, 6) is 2.98. The molecule has 3 nitrogen and oxygen atoms in total. The zero-order valence-corrected chi connectivity index (χ0v) is 12.0. The molecular formula is C17H23NO2. The first-order valence-electron chi connectivity index (χ1n) is 8.31. The van der Waals surface area contributed by atoms with Crippen LogP contribution in [0.3, 0.4) is 0 Å². The molecule has 0 saturated heterocycles. The van der Waals surface area contributed by atoms with Crippen LogP contribution in [0.15, 0.2) is 12.2 Å². The molecule has 20 heavy (non-hydrogen) atoms. The lowest BCUT2D eigenvalue weighted by Gasteiger charge is -2.40. The molecule has 0 N–H and O–H groups in total. The molecule has 0 aromatic rings. The van der Waals surface area contributed by atoms with Crippen molar-refractivity contribution in [3.05, 3.63) is 12.2 Å².